The van der Waals surface area contributed by atoms with E-state index in [-0.39, 0.29) is 5.56 Å². The van der Waals surface area contributed by atoms with Gasteiger partial charge in [-0.15, -0.1) is 0 Å². The molecule has 0 amide bonds. The monoisotopic (exact) mass is 308 g/mol. The van der Waals surface area contributed by atoms with Gasteiger partial charge in [-0.2, -0.15) is 18.3 Å². The van der Waals surface area contributed by atoms with Gasteiger partial charge in [-0.3, -0.25) is 5.10 Å². The van der Waals surface area contributed by atoms with Crippen LogP contribution in [0.2, 0.25) is 0 Å². The first-order valence-electron chi connectivity index (χ1n) is 4.45. The summed E-state index contributed by atoms with van der Waals surface area (Å²) in [7, 11) is 0. The molecule has 0 bridgehead atoms. The van der Waals surface area contributed by atoms with E-state index in [2.05, 4.69) is 26.1 Å². The van der Waals surface area contributed by atoms with E-state index in [0.717, 1.165) is 12.1 Å². The summed E-state index contributed by atoms with van der Waals surface area (Å²) in [6.45, 7) is 0. The molecule has 0 aliphatic rings. The maximum Gasteiger partial charge on any atom is 0.419 e. The first-order chi connectivity index (χ1) is 7.89. The van der Waals surface area contributed by atoms with Crippen LogP contribution in [-0.4, -0.2) is 10.2 Å². The maximum absolute atomic E-state index is 13.1. The number of H-pyrrole nitrogens is 1. The lowest BCUT2D eigenvalue weighted by Gasteiger charge is -2.09. The minimum atomic E-state index is -4.72. The summed E-state index contributed by atoms with van der Waals surface area (Å²) in [5.41, 5.74) is -0.713. The SMILES string of the molecule is Fc1ccc(-c2[nH]ncc2Br)cc1C(F)(F)F. The Hall–Kier alpha value is -1.37. The molecule has 0 aliphatic carbocycles. The van der Waals surface area contributed by atoms with Crippen molar-refractivity contribution < 1.29 is 17.6 Å². The fourth-order valence-corrected chi connectivity index (χ4v) is 1.79. The molecule has 0 aliphatic heterocycles. The largest absolute Gasteiger partial charge is 0.419 e. The zero-order chi connectivity index (χ0) is 12.6. The second kappa shape index (κ2) is 4.14. The lowest BCUT2D eigenvalue weighted by Crippen LogP contribution is -2.08. The Labute approximate surface area is 102 Å². The highest BCUT2D eigenvalue weighted by atomic mass is 79.9. The van der Waals surface area contributed by atoms with Crippen LogP contribution in [-0.2, 0) is 6.18 Å². The number of nitrogens with one attached hydrogen (secondary N) is 1. The molecule has 2 aromatic rings. The van der Waals surface area contributed by atoms with Crippen molar-refractivity contribution in [2.75, 3.05) is 0 Å². The van der Waals surface area contributed by atoms with Crippen LogP contribution in [0.25, 0.3) is 11.3 Å². The van der Waals surface area contributed by atoms with Crippen LogP contribution in [0.3, 0.4) is 0 Å². The van der Waals surface area contributed by atoms with E-state index in [1.54, 1.807) is 0 Å². The number of aromatic nitrogens is 2. The second-order valence-corrected chi connectivity index (χ2v) is 4.14. The minimum Gasteiger partial charge on any atom is -0.277 e. The van der Waals surface area contributed by atoms with Gasteiger partial charge in [0.1, 0.15) is 5.82 Å². The Bertz CT molecular complexity index is 547. The fourth-order valence-electron chi connectivity index (χ4n) is 1.37. The molecule has 0 spiro atoms. The van der Waals surface area contributed by atoms with E-state index in [0.29, 0.717) is 10.2 Å². The van der Waals surface area contributed by atoms with Gasteiger partial charge in [-0.1, -0.05) is 0 Å². The molecular weight excluding hydrogens is 304 g/mol. The number of nitrogens with zero attached hydrogens (tertiary/aromatic N) is 1. The van der Waals surface area contributed by atoms with E-state index in [1.807, 2.05) is 0 Å². The molecule has 2 rings (SSSR count). The first kappa shape index (κ1) is 12.1. The van der Waals surface area contributed by atoms with Crippen LogP contribution in [0.4, 0.5) is 17.6 Å². The number of benzene rings is 1. The van der Waals surface area contributed by atoms with E-state index in [1.165, 1.54) is 12.3 Å². The highest BCUT2D eigenvalue weighted by Crippen LogP contribution is 2.35. The summed E-state index contributed by atoms with van der Waals surface area (Å²) in [4.78, 5) is 0. The molecule has 1 N–H and O–H groups in total. The second-order valence-electron chi connectivity index (χ2n) is 3.29. The molecule has 90 valence electrons. The molecule has 0 saturated heterocycles. The summed E-state index contributed by atoms with van der Waals surface area (Å²) < 4.78 is 51.0. The normalized spacial score (nSPS) is 11.8. The molecule has 1 aromatic heterocycles. The summed E-state index contributed by atoms with van der Waals surface area (Å²) in [6.07, 6.45) is -3.31. The number of hydrogen-bond donors (Lipinski definition) is 1. The van der Waals surface area contributed by atoms with Crippen molar-refractivity contribution in [3.05, 3.63) is 40.2 Å². The topological polar surface area (TPSA) is 28.7 Å². The summed E-state index contributed by atoms with van der Waals surface area (Å²) in [5.74, 6) is -1.29. The summed E-state index contributed by atoms with van der Waals surface area (Å²) in [6, 6.07) is 2.78. The quantitative estimate of drug-likeness (QED) is 0.793. The molecule has 0 saturated carbocycles. The van der Waals surface area contributed by atoms with Crippen LogP contribution in [0, 0.1) is 5.82 Å². The van der Waals surface area contributed by atoms with Crippen molar-refractivity contribution in [2.24, 2.45) is 0 Å². The van der Waals surface area contributed by atoms with Gasteiger partial charge >= 0.3 is 6.18 Å². The number of aromatic amines is 1. The van der Waals surface area contributed by atoms with E-state index in [9.17, 15) is 17.6 Å². The number of rotatable bonds is 1. The van der Waals surface area contributed by atoms with Crippen molar-refractivity contribution in [3.63, 3.8) is 0 Å². The fraction of sp³-hybridized carbons (Fsp3) is 0.100. The number of hydrogen-bond acceptors (Lipinski definition) is 1. The zero-order valence-electron chi connectivity index (χ0n) is 8.15. The molecule has 17 heavy (non-hydrogen) atoms. The van der Waals surface area contributed by atoms with Crippen molar-refractivity contribution in [3.8, 4) is 11.3 Å². The highest BCUT2D eigenvalue weighted by molar-refractivity contribution is 9.10. The average Bonchev–Trinajstić information content (AvgIpc) is 2.63. The number of alkyl halides is 3. The van der Waals surface area contributed by atoms with Crippen LogP contribution in [0.5, 0.6) is 0 Å². The van der Waals surface area contributed by atoms with Gasteiger partial charge in [0.15, 0.2) is 0 Å². The third-order valence-electron chi connectivity index (χ3n) is 2.15. The summed E-state index contributed by atoms with van der Waals surface area (Å²) in [5, 5.41) is 6.20. The van der Waals surface area contributed by atoms with Gasteiger partial charge in [0.2, 0.25) is 0 Å². The van der Waals surface area contributed by atoms with Crippen molar-refractivity contribution in [2.45, 2.75) is 6.18 Å². The lowest BCUT2D eigenvalue weighted by molar-refractivity contribution is -0.139. The van der Waals surface area contributed by atoms with Crippen LogP contribution >= 0.6 is 15.9 Å². The van der Waals surface area contributed by atoms with Gasteiger partial charge in [-0.05, 0) is 34.1 Å². The molecule has 0 unspecified atom stereocenters. The first-order valence-corrected chi connectivity index (χ1v) is 5.25. The van der Waals surface area contributed by atoms with E-state index >= 15 is 0 Å². The average molecular weight is 309 g/mol. The van der Waals surface area contributed by atoms with Gasteiger partial charge in [0, 0.05) is 5.56 Å². The third kappa shape index (κ3) is 2.33. The molecule has 0 atom stereocenters. The molecule has 0 radical (unpaired) electrons. The highest BCUT2D eigenvalue weighted by Gasteiger charge is 2.34. The Morgan fingerprint density at radius 2 is 1.94 bits per heavy atom. The van der Waals surface area contributed by atoms with Crippen LogP contribution in [0.1, 0.15) is 5.56 Å². The Morgan fingerprint density at radius 3 is 2.47 bits per heavy atom. The molecule has 0 fully saturated rings. The van der Waals surface area contributed by atoms with Gasteiger partial charge in [0.05, 0.1) is 21.9 Å². The molecule has 1 aromatic carbocycles. The molecule has 1 heterocycles. The molecular formula is C10H5BrF4N2. The Kier molecular flexibility index (Phi) is 2.94. The standard InChI is InChI=1S/C10H5BrF4N2/c11-7-4-16-17-9(7)5-1-2-8(12)6(3-5)10(13,14)15/h1-4H,(H,16,17). The van der Waals surface area contributed by atoms with Gasteiger partial charge in [0.25, 0.3) is 0 Å². The summed E-state index contributed by atoms with van der Waals surface area (Å²) >= 11 is 3.13. The Morgan fingerprint density at radius 1 is 1.24 bits per heavy atom. The van der Waals surface area contributed by atoms with Crippen molar-refractivity contribution in [1.29, 1.82) is 0 Å². The van der Waals surface area contributed by atoms with Crippen molar-refractivity contribution in [1.82, 2.24) is 10.2 Å². The van der Waals surface area contributed by atoms with Crippen molar-refractivity contribution >= 4 is 15.9 Å². The van der Waals surface area contributed by atoms with Crippen LogP contribution in [0.15, 0.2) is 28.9 Å². The minimum absolute atomic E-state index is 0.211. The smallest absolute Gasteiger partial charge is 0.277 e. The molecule has 2 nitrogen and oxygen atoms in total. The Balaban J connectivity index is 2.56. The predicted molar refractivity (Wildman–Crippen MR) is 56.7 cm³/mol. The van der Waals surface area contributed by atoms with Crippen LogP contribution < -0.4 is 0 Å². The zero-order valence-corrected chi connectivity index (χ0v) is 9.73. The maximum atomic E-state index is 13.1. The molecule has 7 heteroatoms. The van der Waals surface area contributed by atoms with E-state index < -0.39 is 17.6 Å². The number of halogens is 5. The van der Waals surface area contributed by atoms with E-state index in [4.69, 9.17) is 0 Å². The third-order valence-corrected chi connectivity index (χ3v) is 2.75. The van der Waals surface area contributed by atoms with Gasteiger partial charge < -0.3 is 0 Å². The van der Waals surface area contributed by atoms with Gasteiger partial charge in [-0.25, -0.2) is 4.39 Å². The lowest BCUT2D eigenvalue weighted by atomic mass is 10.1. The predicted octanol–water partition coefficient (Wildman–Crippen LogP) is 4.00.